The fraction of sp³-hybridized carbons (Fsp3) is 0.0952. The van der Waals surface area contributed by atoms with Crippen molar-refractivity contribution in [3.05, 3.63) is 88.5 Å². The summed E-state index contributed by atoms with van der Waals surface area (Å²) >= 11 is 0. The summed E-state index contributed by atoms with van der Waals surface area (Å²) in [5.41, 5.74) is 0.809. The van der Waals surface area contributed by atoms with Gasteiger partial charge in [0.1, 0.15) is 22.9 Å². The zero-order valence-electron chi connectivity index (χ0n) is 14.4. The maximum Gasteiger partial charge on any atom is 0.349 e. The van der Waals surface area contributed by atoms with E-state index in [1.165, 1.54) is 6.92 Å². The number of hydrogen-bond acceptors (Lipinski definition) is 2. The van der Waals surface area contributed by atoms with Crippen LogP contribution in [0.1, 0.15) is 21.5 Å². The zero-order chi connectivity index (χ0) is 19.7. The van der Waals surface area contributed by atoms with Gasteiger partial charge < -0.3 is 4.74 Å². The van der Waals surface area contributed by atoms with Gasteiger partial charge in [-0.1, -0.05) is 29.8 Å². The van der Waals surface area contributed by atoms with E-state index < -0.39 is 34.8 Å². The summed E-state index contributed by atoms with van der Waals surface area (Å²) in [6.07, 6.45) is 0. The molecular weight excluding hydrogens is 360 g/mol. The average molecular weight is 374 g/mol. The second-order valence-electron chi connectivity index (χ2n) is 6.11. The predicted octanol–water partition coefficient (Wildman–Crippen LogP) is 5.75. The lowest BCUT2D eigenvalue weighted by Crippen LogP contribution is -2.14. The summed E-state index contributed by atoms with van der Waals surface area (Å²) in [7, 11) is 0. The summed E-state index contributed by atoms with van der Waals surface area (Å²) in [6, 6.07) is 10.7. The Balaban J connectivity index is 1.92. The van der Waals surface area contributed by atoms with Gasteiger partial charge in [-0.25, -0.2) is 22.4 Å². The molecule has 0 unspecified atom stereocenters. The normalized spacial score (nSPS) is 10.7. The number of carbonyl (C=O) groups excluding carboxylic acids is 1. The number of carbonyl (C=O) groups is 1. The van der Waals surface area contributed by atoms with Crippen LogP contribution in [0.25, 0.3) is 11.1 Å². The average Bonchev–Trinajstić information content (AvgIpc) is 2.59. The van der Waals surface area contributed by atoms with Gasteiger partial charge in [0.05, 0.1) is 0 Å². The Morgan fingerprint density at radius 3 is 1.93 bits per heavy atom. The van der Waals surface area contributed by atoms with Crippen LogP contribution in [0.5, 0.6) is 5.75 Å². The largest absolute Gasteiger partial charge is 0.423 e. The molecule has 0 amide bonds. The minimum absolute atomic E-state index is 0.103. The van der Waals surface area contributed by atoms with Crippen LogP contribution in [0.3, 0.4) is 0 Å². The number of hydrogen-bond donors (Lipinski definition) is 0. The van der Waals surface area contributed by atoms with Crippen LogP contribution in [0.4, 0.5) is 17.6 Å². The molecule has 0 fully saturated rings. The van der Waals surface area contributed by atoms with Crippen LogP contribution in [-0.4, -0.2) is 5.97 Å². The molecule has 0 aliphatic heterocycles. The van der Waals surface area contributed by atoms with Gasteiger partial charge in [0, 0.05) is 6.07 Å². The van der Waals surface area contributed by atoms with Crippen LogP contribution in [0, 0.1) is 37.1 Å². The lowest BCUT2D eigenvalue weighted by Gasteiger charge is -2.10. The molecule has 0 heterocycles. The van der Waals surface area contributed by atoms with E-state index in [1.54, 1.807) is 24.3 Å². The van der Waals surface area contributed by atoms with Crippen LogP contribution in [0.15, 0.2) is 48.5 Å². The van der Waals surface area contributed by atoms with E-state index in [9.17, 15) is 22.4 Å². The van der Waals surface area contributed by atoms with Crippen molar-refractivity contribution in [2.75, 3.05) is 0 Å². The summed E-state index contributed by atoms with van der Waals surface area (Å²) in [5.74, 6) is -6.24. The SMILES string of the molecule is Cc1ccc(-c2cc(F)c(C(=O)Oc3cc(C)c(F)c(F)c3)c(F)c2)cc1. The molecule has 6 heteroatoms. The first kappa shape index (κ1) is 18.6. The molecule has 0 N–H and O–H groups in total. The topological polar surface area (TPSA) is 26.3 Å². The van der Waals surface area contributed by atoms with Crippen LogP contribution < -0.4 is 4.74 Å². The lowest BCUT2D eigenvalue weighted by molar-refractivity contribution is 0.0724. The molecule has 0 atom stereocenters. The third-order valence-electron chi connectivity index (χ3n) is 4.03. The van der Waals surface area contributed by atoms with Crippen molar-refractivity contribution in [1.82, 2.24) is 0 Å². The van der Waals surface area contributed by atoms with E-state index in [1.807, 2.05) is 6.92 Å². The Hall–Kier alpha value is -3.15. The summed E-state index contributed by atoms with van der Waals surface area (Å²) < 4.78 is 60.3. The fourth-order valence-electron chi connectivity index (χ4n) is 2.59. The molecule has 0 bridgehead atoms. The van der Waals surface area contributed by atoms with E-state index in [2.05, 4.69) is 0 Å². The van der Waals surface area contributed by atoms with Crippen LogP contribution in [0.2, 0.25) is 0 Å². The first-order valence-corrected chi connectivity index (χ1v) is 8.00. The third-order valence-corrected chi connectivity index (χ3v) is 4.03. The van der Waals surface area contributed by atoms with Crippen molar-refractivity contribution >= 4 is 5.97 Å². The van der Waals surface area contributed by atoms with Gasteiger partial charge in [-0.05, 0) is 48.7 Å². The van der Waals surface area contributed by atoms with Gasteiger partial charge in [-0.2, -0.15) is 0 Å². The molecule has 0 aliphatic rings. The van der Waals surface area contributed by atoms with Crippen molar-refractivity contribution in [3.63, 3.8) is 0 Å². The number of benzene rings is 3. The van der Waals surface area contributed by atoms with Crippen molar-refractivity contribution in [2.24, 2.45) is 0 Å². The zero-order valence-corrected chi connectivity index (χ0v) is 14.4. The van der Waals surface area contributed by atoms with Crippen LogP contribution >= 0.6 is 0 Å². The molecule has 0 aromatic heterocycles. The Kier molecular flexibility index (Phi) is 4.99. The molecular formula is C21H14F4O2. The Labute approximate surface area is 153 Å². The molecule has 0 spiro atoms. The second kappa shape index (κ2) is 7.23. The molecule has 0 radical (unpaired) electrons. The summed E-state index contributed by atoms with van der Waals surface area (Å²) in [6.45, 7) is 3.15. The third kappa shape index (κ3) is 3.84. The molecule has 2 nitrogen and oxygen atoms in total. The van der Waals surface area contributed by atoms with E-state index in [4.69, 9.17) is 4.74 Å². The maximum atomic E-state index is 14.4. The summed E-state index contributed by atoms with van der Waals surface area (Å²) in [4.78, 5) is 12.1. The molecule has 0 aliphatic carbocycles. The Morgan fingerprint density at radius 1 is 0.778 bits per heavy atom. The molecule has 138 valence electrons. The van der Waals surface area contributed by atoms with Gasteiger partial charge in [-0.15, -0.1) is 0 Å². The molecule has 3 aromatic rings. The maximum absolute atomic E-state index is 14.4. The molecule has 0 saturated carbocycles. The highest BCUT2D eigenvalue weighted by Crippen LogP contribution is 2.27. The number of halogens is 4. The van der Waals surface area contributed by atoms with Gasteiger partial charge in [0.25, 0.3) is 0 Å². The standard InChI is InChI=1S/C21H14F4O2/c1-11-3-5-13(6-4-11)14-8-16(22)19(17(23)9-14)21(26)27-15-7-12(2)20(25)18(24)10-15/h3-10H,1-2H3. The number of ether oxygens (including phenoxy) is 1. The highest BCUT2D eigenvalue weighted by molar-refractivity contribution is 5.92. The van der Waals surface area contributed by atoms with Crippen LogP contribution in [-0.2, 0) is 0 Å². The molecule has 3 aromatic carbocycles. The first-order chi connectivity index (χ1) is 12.8. The molecule has 27 heavy (non-hydrogen) atoms. The Morgan fingerprint density at radius 2 is 1.37 bits per heavy atom. The van der Waals surface area contributed by atoms with Gasteiger partial charge in [0.2, 0.25) is 0 Å². The first-order valence-electron chi connectivity index (χ1n) is 8.00. The quantitative estimate of drug-likeness (QED) is 0.332. The highest BCUT2D eigenvalue weighted by Gasteiger charge is 2.22. The smallest absolute Gasteiger partial charge is 0.349 e. The van der Waals surface area contributed by atoms with Crippen molar-refractivity contribution in [3.8, 4) is 16.9 Å². The van der Waals surface area contributed by atoms with E-state index in [0.717, 1.165) is 23.8 Å². The molecule has 0 saturated heterocycles. The molecule has 3 rings (SSSR count). The van der Waals surface area contributed by atoms with Gasteiger partial charge >= 0.3 is 5.97 Å². The monoisotopic (exact) mass is 374 g/mol. The lowest BCUT2D eigenvalue weighted by atomic mass is 10.0. The van der Waals surface area contributed by atoms with E-state index >= 15 is 0 Å². The van der Waals surface area contributed by atoms with E-state index in [0.29, 0.717) is 11.6 Å². The van der Waals surface area contributed by atoms with E-state index in [-0.39, 0.29) is 16.9 Å². The van der Waals surface area contributed by atoms with Crippen molar-refractivity contribution in [1.29, 1.82) is 0 Å². The predicted molar refractivity (Wildman–Crippen MR) is 92.6 cm³/mol. The Bertz CT molecular complexity index is 981. The highest BCUT2D eigenvalue weighted by atomic mass is 19.2. The van der Waals surface area contributed by atoms with Gasteiger partial charge in [0.15, 0.2) is 11.6 Å². The number of aryl methyl sites for hydroxylation is 2. The fourth-order valence-corrected chi connectivity index (χ4v) is 2.59. The number of rotatable bonds is 3. The minimum atomic E-state index is -1.34. The second-order valence-corrected chi connectivity index (χ2v) is 6.11. The summed E-state index contributed by atoms with van der Waals surface area (Å²) in [5, 5.41) is 0. The minimum Gasteiger partial charge on any atom is -0.423 e. The van der Waals surface area contributed by atoms with Gasteiger partial charge in [-0.3, -0.25) is 0 Å². The number of esters is 1. The van der Waals surface area contributed by atoms with Crippen molar-refractivity contribution < 1.29 is 27.1 Å². The van der Waals surface area contributed by atoms with Crippen molar-refractivity contribution in [2.45, 2.75) is 13.8 Å².